The third-order valence-electron chi connectivity index (χ3n) is 5.28. The molecule has 140 valence electrons. The zero-order chi connectivity index (χ0) is 18.6. The van der Waals surface area contributed by atoms with Gasteiger partial charge in [-0.3, -0.25) is 9.59 Å². The first-order chi connectivity index (χ1) is 13.2. The van der Waals surface area contributed by atoms with Crippen molar-refractivity contribution in [2.24, 2.45) is 0 Å². The zero-order valence-electron chi connectivity index (χ0n) is 15.2. The summed E-state index contributed by atoms with van der Waals surface area (Å²) in [5.74, 6) is 0.961. The number of aromatic nitrogens is 2. The molecule has 0 radical (unpaired) electrons. The first-order valence-corrected chi connectivity index (χ1v) is 9.33. The van der Waals surface area contributed by atoms with Gasteiger partial charge in [-0.05, 0) is 11.6 Å². The molecule has 2 aliphatic rings. The average molecular weight is 365 g/mol. The van der Waals surface area contributed by atoms with Crippen molar-refractivity contribution >= 4 is 17.8 Å². The van der Waals surface area contributed by atoms with E-state index in [1.165, 1.54) is 0 Å². The zero-order valence-corrected chi connectivity index (χ0v) is 15.2. The highest BCUT2D eigenvalue weighted by Gasteiger charge is 2.33. The maximum atomic E-state index is 12.7. The van der Waals surface area contributed by atoms with E-state index in [4.69, 9.17) is 0 Å². The smallest absolute Gasteiger partial charge is 0.242 e. The highest BCUT2D eigenvalue weighted by molar-refractivity contribution is 5.86. The number of piperazine rings is 1. The minimum atomic E-state index is 0.0192. The Labute approximate surface area is 158 Å². The summed E-state index contributed by atoms with van der Waals surface area (Å²) in [7, 11) is 0. The van der Waals surface area contributed by atoms with Gasteiger partial charge in [0.05, 0.1) is 6.54 Å². The summed E-state index contributed by atoms with van der Waals surface area (Å²) in [6, 6.07) is 11.8. The molecule has 2 aromatic rings. The molecule has 0 N–H and O–H groups in total. The van der Waals surface area contributed by atoms with E-state index in [0.717, 1.165) is 5.56 Å². The Balaban J connectivity index is 1.30. The topological polar surface area (TPSA) is 69.6 Å². The van der Waals surface area contributed by atoms with E-state index in [2.05, 4.69) is 14.9 Å². The predicted molar refractivity (Wildman–Crippen MR) is 101 cm³/mol. The van der Waals surface area contributed by atoms with E-state index in [0.29, 0.717) is 45.1 Å². The van der Waals surface area contributed by atoms with E-state index < -0.39 is 0 Å². The number of hydrogen-bond donors (Lipinski definition) is 0. The Hall–Kier alpha value is -2.96. The van der Waals surface area contributed by atoms with Gasteiger partial charge >= 0.3 is 0 Å². The number of carbonyl (C=O) groups excluding carboxylic acids is 2. The summed E-state index contributed by atoms with van der Waals surface area (Å²) in [5, 5.41) is 0. The Morgan fingerprint density at radius 1 is 1.00 bits per heavy atom. The molecule has 2 fully saturated rings. The fourth-order valence-corrected chi connectivity index (χ4v) is 3.75. The molecule has 1 aromatic heterocycles. The number of nitrogens with zero attached hydrogens (tertiary/aromatic N) is 5. The molecule has 2 amide bonds. The summed E-state index contributed by atoms with van der Waals surface area (Å²) < 4.78 is 0. The summed E-state index contributed by atoms with van der Waals surface area (Å²) in [5.41, 5.74) is 1.16. The number of hydrogen-bond acceptors (Lipinski definition) is 5. The highest BCUT2D eigenvalue weighted by Crippen LogP contribution is 2.27. The van der Waals surface area contributed by atoms with Crippen LogP contribution in [0, 0.1) is 0 Å². The molecule has 0 spiro atoms. The van der Waals surface area contributed by atoms with Crippen molar-refractivity contribution in [2.75, 3.05) is 44.2 Å². The van der Waals surface area contributed by atoms with Crippen LogP contribution >= 0.6 is 0 Å². The number of likely N-dealkylation sites (tertiary alicyclic amines) is 1. The van der Waals surface area contributed by atoms with Gasteiger partial charge in [0.2, 0.25) is 17.8 Å². The highest BCUT2D eigenvalue weighted by atomic mass is 16.2. The van der Waals surface area contributed by atoms with Crippen LogP contribution < -0.4 is 4.90 Å². The quantitative estimate of drug-likeness (QED) is 0.813. The van der Waals surface area contributed by atoms with Crippen LogP contribution in [-0.4, -0.2) is 70.9 Å². The monoisotopic (exact) mass is 365 g/mol. The van der Waals surface area contributed by atoms with Crippen LogP contribution in [-0.2, 0) is 9.59 Å². The van der Waals surface area contributed by atoms with Crippen molar-refractivity contribution < 1.29 is 9.59 Å². The minimum Gasteiger partial charge on any atom is -0.338 e. The van der Waals surface area contributed by atoms with Crippen LogP contribution in [0.15, 0.2) is 48.8 Å². The molecule has 4 rings (SSSR count). The molecule has 1 atom stereocenters. The maximum Gasteiger partial charge on any atom is 0.242 e. The fraction of sp³-hybridized carbons (Fsp3) is 0.400. The van der Waals surface area contributed by atoms with Gasteiger partial charge in [-0.25, -0.2) is 9.97 Å². The fourth-order valence-electron chi connectivity index (χ4n) is 3.75. The van der Waals surface area contributed by atoms with E-state index in [1.54, 1.807) is 23.4 Å². The molecule has 27 heavy (non-hydrogen) atoms. The van der Waals surface area contributed by atoms with Crippen molar-refractivity contribution in [3.05, 3.63) is 54.4 Å². The largest absolute Gasteiger partial charge is 0.338 e. The molecule has 1 aromatic carbocycles. The summed E-state index contributed by atoms with van der Waals surface area (Å²) in [4.78, 5) is 39.2. The standard InChI is InChI=1S/C20H23N5O2/c26-18-13-17(16-5-2-1-3-6-16)14-25(18)15-19(27)23-9-11-24(12-10-23)20-21-7-4-8-22-20/h1-8,17H,9-15H2. The Morgan fingerprint density at radius 2 is 1.70 bits per heavy atom. The van der Waals surface area contributed by atoms with Crippen molar-refractivity contribution in [2.45, 2.75) is 12.3 Å². The second kappa shape index (κ2) is 7.73. The van der Waals surface area contributed by atoms with Gasteiger partial charge in [0.15, 0.2) is 0 Å². The molecule has 2 aliphatic heterocycles. The van der Waals surface area contributed by atoms with E-state index in [1.807, 2.05) is 35.2 Å². The lowest BCUT2D eigenvalue weighted by Gasteiger charge is -2.35. The van der Waals surface area contributed by atoms with Crippen LogP contribution in [0.25, 0.3) is 0 Å². The van der Waals surface area contributed by atoms with Gasteiger partial charge in [-0.1, -0.05) is 30.3 Å². The normalized spacial score (nSPS) is 20.2. The van der Waals surface area contributed by atoms with Gasteiger partial charge in [-0.2, -0.15) is 0 Å². The molecule has 7 nitrogen and oxygen atoms in total. The Bertz CT molecular complexity index is 791. The van der Waals surface area contributed by atoms with Crippen molar-refractivity contribution in [1.82, 2.24) is 19.8 Å². The van der Waals surface area contributed by atoms with Crippen molar-refractivity contribution in [1.29, 1.82) is 0 Å². The van der Waals surface area contributed by atoms with Crippen LogP contribution in [0.5, 0.6) is 0 Å². The predicted octanol–water partition coefficient (Wildman–Crippen LogP) is 1.14. The van der Waals surface area contributed by atoms with Gasteiger partial charge < -0.3 is 14.7 Å². The van der Waals surface area contributed by atoms with Gasteiger partial charge in [-0.15, -0.1) is 0 Å². The van der Waals surface area contributed by atoms with E-state index in [9.17, 15) is 9.59 Å². The van der Waals surface area contributed by atoms with Crippen LogP contribution in [0.2, 0.25) is 0 Å². The Kier molecular flexibility index (Phi) is 5.00. The second-order valence-corrected chi connectivity index (χ2v) is 7.00. The van der Waals surface area contributed by atoms with Gasteiger partial charge in [0, 0.05) is 57.5 Å². The summed E-state index contributed by atoms with van der Waals surface area (Å²) in [6.07, 6.45) is 3.93. The SMILES string of the molecule is O=C(CN1CC(c2ccccc2)CC1=O)N1CCN(c2ncccn2)CC1. The average Bonchev–Trinajstić information content (AvgIpc) is 3.10. The van der Waals surface area contributed by atoms with E-state index >= 15 is 0 Å². The number of anilines is 1. The van der Waals surface area contributed by atoms with Gasteiger partial charge in [0.1, 0.15) is 0 Å². The van der Waals surface area contributed by atoms with E-state index in [-0.39, 0.29) is 24.3 Å². The first kappa shape index (κ1) is 17.5. The maximum absolute atomic E-state index is 12.7. The molecule has 0 aliphatic carbocycles. The van der Waals surface area contributed by atoms with Crippen molar-refractivity contribution in [3.63, 3.8) is 0 Å². The Morgan fingerprint density at radius 3 is 2.41 bits per heavy atom. The number of amides is 2. The number of rotatable bonds is 4. The van der Waals surface area contributed by atoms with Crippen LogP contribution in [0.3, 0.4) is 0 Å². The van der Waals surface area contributed by atoms with Crippen LogP contribution in [0.4, 0.5) is 5.95 Å². The lowest BCUT2D eigenvalue weighted by atomic mass is 9.99. The van der Waals surface area contributed by atoms with Gasteiger partial charge in [0.25, 0.3) is 0 Å². The summed E-state index contributed by atoms with van der Waals surface area (Å²) >= 11 is 0. The second-order valence-electron chi connectivity index (χ2n) is 7.00. The molecule has 3 heterocycles. The molecular formula is C20H23N5O2. The molecule has 1 unspecified atom stereocenters. The molecule has 2 saturated heterocycles. The molecular weight excluding hydrogens is 342 g/mol. The lowest BCUT2D eigenvalue weighted by Crippen LogP contribution is -2.51. The first-order valence-electron chi connectivity index (χ1n) is 9.33. The molecule has 0 saturated carbocycles. The van der Waals surface area contributed by atoms with Crippen molar-refractivity contribution in [3.8, 4) is 0 Å². The third kappa shape index (κ3) is 3.92. The number of carbonyl (C=O) groups is 2. The lowest BCUT2D eigenvalue weighted by molar-refractivity contribution is -0.138. The van der Waals surface area contributed by atoms with Crippen LogP contribution in [0.1, 0.15) is 17.9 Å². The minimum absolute atomic E-state index is 0.0192. The number of benzene rings is 1. The third-order valence-corrected chi connectivity index (χ3v) is 5.28. The molecule has 0 bridgehead atoms. The summed E-state index contributed by atoms with van der Waals surface area (Å²) in [6.45, 7) is 3.45. The molecule has 7 heteroatoms.